The van der Waals surface area contributed by atoms with Crippen molar-refractivity contribution >= 4 is 45.8 Å². The molecule has 3 aromatic heterocycles. The highest BCUT2D eigenvalue weighted by Gasteiger charge is 2.43. The Bertz CT molecular complexity index is 1430. The molecule has 170 valence electrons. The molecule has 0 unspecified atom stereocenters. The molecule has 8 nitrogen and oxygen atoms in total. The zero-order valence-corrected chi connectivity index (χ0v) is 18.5. The summed E-state index contributed by atoms with van der Waals surface area (Å²) in [5, 5.41) is 9.62. The van der Waals surface area contributed by atoms with Gasteiger partial charge in [0, 0.05) is 36.3 Å². The fourth-order valence-electron chi connectivity index (χ4n) is 3.79. The van der Waals surface area contributed by atoms with Gasteiger partial charge < -0.3 is 14.6 Å². The summed E-state index contributed by atoms with van der Waals surface area (Å²) in [6.45, 7) is 2.18. The number of pyridine rings is 1. The Morgan fingerprint density at radius 3 is 2.82 bits per heavy atom. The van der Waals surface area contributed by atoms with Gasteiger partial charge in [-0.1, -0.05) is 11.6 Å². The Balaban J connectivity index is 1.58. The van der Waals surface area contributed by atoms with Crippen molar-refractivity contribution in [1.29, 1.82) is 0 Å². The van der Waals surface area contributed by atoms with Crippen LogP contribution in [-0.2, 0) is 4.79 Å². The van der Waals surface area contributed by atoms with E-state index in [1.54, 1.807) is 42.9 Å². The topological polar surface area (TPSA) is 95.4 Å². The number of benzene rings is 1. The highest BCUT2D eigenvalue weighted by molar-refractivity contribution is 6.36. The summed E-state index contributed by atoms with van der Waals surface area (Å²) in [6, 6.07) is 3.39. The van der Waals surface area contributed by atoms with Crippen molar-refractivity contribution in [3.05, 3.63) is 47.1 Å². The second kappa shape index (κ2) is 7.80. The number of imidazole rings is 1. The van der Waals surface area contributed by atoms with Gasteiger partial charge in [0.25, 0.3) is 5.91 Å². The van der Waals surface area contributed by atoms with Crippen molar-refractivity contribution in [2.24, 2.45) is 5.92 Å². The minimum atomic E-state index is -1.10. The van der Waals surface area contributed by atoms with Crippen molar-refractivity contribution in [3.63, 3.8) is 0 Å². The van der Waals surface area contributed by atoms with Crippen molar-refractivity contribution in [2.45, 2.75) is 19.5 Å². The van der Waals surface area contributed by atoms with Crippen LogP contribution < -0.4 is 5.32 Å². The molecule has 0 aliphatic heterocycles. The van der Waals surface area contributed by atoms with Gasteiger partial charge in [-0.3, -0.25) is 14.7 Å². The number of carbonyl (C=O) groups is 2. The van der Waals surface area contributed by atoms with E-state index in [1.165, 1.54) is 11.1 Å². The van der Waals surface area contributed by atoms with E-state index in [1.807, 2.05) is 0 Å². The Labute approximate surface area is 191 Å². The van der Waals surface area contributed by atoms with Crippen LogP contribution in [0.4, 0.5) is 14.6 Å². The molecular formula is C22H19ClF2N6O2. The fraction of sp³-hybridized carbons (Fsp3) is 0.273. The molecule has 1 saturated carbocycles. The maximum absolute atomic E-state index is 15.4. The normalized spacial score (nSPS) is 17.5. The van der Waals surface area contributed by atoms with Crippen molar-refractivity contribution in [1.82, 2.24) is 24.5 Å². The molecule has 0 spiro atoms. The van der Waals surface area contributed by atoms with Crippen LogP contribution in [0.15, 0.2) is 30.7 Å². The standard InChI is InChI=1S/C22H19ClF2N6O2/c1-3-30(2)22(33)17-19(25)18(23)16(12-7-26-29-20(12)17)10-4-5-15-27-14(9-31(15)8-10)28-21(32)11-6-13(11)24/h4-5,7-9,11,13H,3,6H2,1-2H3,(H,26,29)(H,28,32)/t11-,13+/m1/s1. The third kappa shape index (κ3) is 3.50. The number of aromatic nitrogens is 4. The zero-order valence-electron chi connectivity index (χ0n) is 17.7. The molecule has 4 aromatic rings. The Morgan fingerprint density at radius 1 is 1.36 bits per heavy atom. The lowest BCUT2D eigenvalue weighted by atomic mass is 9.99. The molecule has 2 N–H and O–H groups in total. The SMILES string of the molecule is CCN(C)C(=O)c1c(F)c(Cl)c(-c2ccc3nc(NC(=O)[C@@H]4C[C@@H]4F)cn3c2)c2cn[nH]c12. The summed E-state index contributed by atoms with van der Waals surface area (Å²) < 4.78 is 30.1. The lowest BCUT2D eigenvalue weighted by Crippen LogP contribution is -2.27. The van der Waals surface area contributed by atoms with E-state index in [0.29, 0.717) is 28.7 Å². The second-order valence-corrected chi connectivity index (χ2v) is 8.39. The molecule has 11 heteroatoms. The quantitative estimate of drug-likeness (QED) is 0.458. The van der Waals surface area contributed by atoms with Crippen molar-refractivity contribution in [2.75, 3.05) is 18.9 Å². The number of H-pyrrole nitrogens is 1. The number of rotatable bonds is 5. The summed E-state index contributed by atoms with van der Waals surface area (Å²) >= 11 is 6.44. The van der Waals surface area contributed by atoms with E-state index < -0.39 is 29.7 Å². The van der Waals surface area contributed by atoms with Gasteiger partial charge in [0.2, 0.25) is 5.91 Å². The van der Waals surface area contributed by atoms with Crippen LogP contribution in [-0.4, -0.2) is 56.1 Å². The average Bonchev–Trinajstić information content (AvgIpc) is 3.17. The number of fused-ring (bicyclic) bond motifs is 2. The maximum atomic E-state index is 15.4. The third-order valence-corrected chi connectivity index (χ3v) is 6.22. The van der Waals surface area contributed by atoms with Gasteiger partial charge >= 0.3 is 0 Å². The first-order chi connectivity index (χ1) is 15.8. The molecule has 0 radical (unpaired) electrons. The molecule has 1 aliphatic rings. The molecule has 1 fully saturated rings. The number of carbonyl (C=O) groups excluding carboxylic acids is 2. The van der Waals surface area contributed by atoms with Crippen LogP contribution in [0.3, 0.4) is 0 Å². The predicted molar refractivity (Wildman–Crippen MR) is 120 cm³/mol. The molecule has 0 saturated heterocycles. The molecule has 2 amide bonds. The summed E-state index contributed by atoms with van der Waals surface area (Å²) in [5.41, 5.74) is 1.54. The summed E-state index contributed by atoms with van der Waals surface area (Å²) in [7, 11) is 1.58. The molecule has 1 aliphatic carbocycles. The van der Waals surface area contributed by atoms with Gasteiger partial charge in [0.05, 0.1) is 28.9 Å². The summed E-state index contributed by atoms with van der Waals surface area (Å²) in [5.74, 6) is -2.10. The number of anilines is 1. The number of hydrogen-bond donors (Lipinski definition) is 2. The monoisotopic (exact) mass is 472 g/mol. The van der Waals surface area contributed by atoms with E-state index >= 15 is 4.39 Å². The van der Waals surface area contributed by atoms with Crippen LogP contribution in [0.2, 0.25) is 5.02 Å². The van der Waals surface area contributed by atoms with Crippen molar-refractivity contribution in [3.8, 4) is 11.1 Å². The fourth-order valence-corrected chi connectivity index (χ4v) is 4.09. The van der Waals surface area contributed by atoms with Gasteiger partial charge in [-0.05, 0) is 25.5 Å². The van der Waals surface area contributed by atoms with Crippen LogP contribution in [0, 0.1) is 11.7 Å². The molecule has 0 bridgehead atoms. The molecule has 2 atom stereocenters. The smallest absolute Gasteiger partial charge is 0.258 e. The number of nitrogens with zero attached hydrogens (tertiary/aromatic N) is 4. The number of aromatic amines is 1. The number of amides is 2. The van der Waals surface area contributed by atoms with Gasteiger partial charge in [0.1, 0.15) is 17.4 Å². The van der Waals surface area contributed by atoms with Crippen LogP contribution in [0.25, 0.3) is 27.7 Å². The Morgan fingerprint density at radius 2 is 2.12 bits per heavy atom. The lowest BCUT2D eigenvalue weighted by Gasteiger charge is -2.17. The first-order valence-corrected chi connectivity index (χ1v) is 10.7. The molecule has 33 heavy (non-hydrogen) atoms. The Kier molecular flexibility index (Phi) is 5.04. The van der Waals surface area contributed by atoms with Crippen molar-refractivity contribution < 1.29 is 18.4 Å². The average molecular weight is 473 g/mol. The highest BCUT2D eigenvalue weighted by atomic mass is 35.5. The van der Waals surface area contributed by atoms with Gasteiger partial charge in [0.15, 0.2) is 11.6 Å². The Hall–Kier alpha value is -3.53. The number of nitrogens with one attached hydrogen (secondary N) is 2. The number of hydrogen-bond acceptors (Lipinski definition) is 4. The molecule has 5 rings (SSSR count). The van der Waals surface area contributed by atoms with E-state index in [2.05, 4.69) is 20.5 Å². The summed E-state index contributed by atoms with van der Waals surface area (Å²) in [6.07, 6.45) is 3.87. The molecule has 3 heterocycles. The van der Waals surface area contributed by atoms with Crippen LogP contribution >= 0.6 is 11.6 Å². The minimum Gasteiger partial charge on any atom is -0.342 e. The van der Waals surface area contributed by atoms with Gasteiger partial charge in [-0.15, -0.1) is 0 Å². The maximum Gasteiger partial charge on any atom is 0.258 e. The summed E-state index contributed by atoms with van der Waals surface area (Å²) in [4.78, 5) is 30.5. The van der Waals surface area contributed by atoms with Crippen LogP contribution in [0.1, 0.15) is 23.7 Å². The largest absolute Gasteiger partial charge is 0.342 e. The first-order valence-electron chi connectivity index (χ1n) is 10.3. The predicted octanol–water partition coefficient (Wildman–Crippen LogP) is 4.06. The number of halogens is 3. The first kappa shape index (κ1) is 21.3. The van der Waals surface area contributed by atoms with Gasteiger partial charge in [-0.25, -0.2) is 13.8 Å². The second-order valence-electron chi connectivity index (χ2n) is 8.01. The van der Waals surface area contributed by atoms with Crippen LogP contribution in [0.5, 0.6) is 0 Å². The molecular weight excluding hydrogens is 454 g/mol. The van der Waals surface area contributed by atoms with E-state index in [9.17, 15) is 14.0 Å². The van der Waals surface area contributed by atoms with E-state index in [4.69, 9.17) is 11.6 Å². The minimum absolute atomic E-state index is 0.166. The van der Waals surface area contributed by atoms with Gasteiger partial charge in [-0.2, -0.15) is 5.10 Å². The molecule has 1 aromatic carbocycles. The third-order valence-electron chi connectivity index (χ3n) is 5.87. The van der Waals surface area contributed by atoms with E-state index in [0.717, 1.165) is 0 Å². The zero-order chi connectivity index (χ0) is 23.4. The van der Waals surface area contributed by atoms with E-state index in [-0.39, 0.29) is 28.3 Å². The highest BCUT2D eigenvalue weighted by Crippen LogP contribution is 2.39. The number of alkyl halides is 1. The lowest BCUT2D eigenvalue weighted by molar-refractivity contribution is -0.117.